The van der Waals surface area contributed by atoms with Gasteiger partial charge >= 0.3 is 5.97 Å². The highest BCUT2D eigenvalue weighted by Gasteiger charge is 2.59. The predicted molar refractivity (Wildman–Crippen MR) is 92.5 cm³/mol. The van der Waals surface area contributed by atoms with Crippen LogP contribution in [-0.2, 0) is 25.6 Å². The summed E-state index contributed by atoms with van der Waals surface area (Å²) in [6, 6.07) is 9.99. The van der Waals surface area contributed by atoms with E-state index < -0.39 is 11.7 Å². The van der Waals surface area contributed by atoms with Crippen molar-refractivity contribution < 1.29 is 24.1 Å². The number of hydrogen-bond acceptors (Lipinski definition) is 5. The van der Waals surface area contributed by atoms with Gasteiger partial charge in [0.1, 0.15) is 6.10 Å². The minimum Gasteiger partial charge on any atom is -0.461 e. The fourth-order valence-electron chi connectivity index (χ4n) is 4.02. The second-order valence-electron chi connectivity index (χ2n) is 7.69. The summed E-state index contributed by atoms with van der Waals surface area (Å²) in [7, 11) is 0. The van der Waals surface area contributed by atoms with E-state index in [-0.39, 0.29) is 35.9 Å². The number of carbonyl (C=O) groups is 1. The molecule has 2 aliphatic heterocycles. The van der Waals surface area contributed by atoms with E-state index in [2.05, 4.69) is 0 Å². The molecule has 2 saturated heterocycles. The second kappa shape index (κ2) is 7.06. The Balaban J connectivity index is 1.60. The lowest BCUT2D eigenvalue weighted by molar-refractivity contribution is -0.216. The van der Waals surface area contributed by atoms with E-state index in [1.54, 1.807) is 6.92 Å². The number of cyclic esters (lactones) is 1. The highest BCUT2D eigenvalue weighted by molar-refractivity contribution is 5.75. The first-order valence-electron chi connectivity index (χ1n) is 9.03. The standard InChI is InChI=1S/C20H28O5/c1-12(10-23-11-15-8-6-5-7-9-15)17-13(2)18-16(19(21)24-17)14(3)20(4,22)25-18/h5-9,12-14,16-18,22H,10-11H2,1-4H3/t12?,13-,14+,16+,17+,18+,20+/m1/s1. The van der Waals surface area contributed by atoms with E-state index >= 15 is 0 Å². The molecule has 7 atom stereocenters. The first-order valence-corrected chi connectivity index (χ1v) is 9.03. The topological polar surface area (TPSA) is 65.0 Å². The van der Waals surface area contributed by atoms with E-state index in [0.29, 0.717) is 13.2 Å². The summed E-state index contributed by atoms with van der Waals surface area (Å²) in [6.45, 7) is 8.55. The zero-order valence-electron chi connectivity index (χ0n) is 15.3. The van der Waals surface area contributed by atoms with Crippen LogP contribution in [0, 0.1) is 23.7 Å². The molecule has 2 aliphatic rings. The molecule has 0 spiro atoms. The Bertz CT molecular complexity index is 599. The molecule has 5 nitrogen and oxygen atoms in total. The molecule has 0 amide bonds. The number of aliphatic hydroxyl groups is 1. The third-order valence-corrected chi connectivity index (χ3v) is 5.73. The molecule has 2 fully saturated rings. The van der Waals surface area contributed by atoms with Crippen molar-refractivity contribution in [1.82, 2.24) is 0 Å². The molecule has 1 N–H and O–H groups in total. The van der Waals surface area contributed by atoms with Crippen molar-refractivity contribution in [1.29, 1.82) is 0 Å². The number of benzene rings is 1. The number of fused-ring (bicyclic) bond motifs is 1. The zero-order valence-corrected chi connectivity index (χ0v) is 15.3. The number of carbonyl (C=O) groups excluding carboxylic acids is 1. The van der Waals surface area contributed by atoms with Crippen LogP contribution >= 0.6 is 0 Å². The van der Waals surface area contributed by atoms with Gasteiger partial charge in [-0.3, -0.25) is 4.79 Å². The molecular weight excluding hydrogens is 320 g/mol. The first-order chi connectivity index (χ1) is 11.8. The van der Waals surface area contributed by atoms with Crippen LogP contribution in [0.3, 0.4) is 0 Å². The van der Waals surface area contributed by atoms with Gasteiger partial charge < -0.3 is 19.3 Å². The number of rotatable bonds is 5. The average Bonchev–Trinajstić information content (AvgIpc) is 2.82. The van der Waals surface area contributed by atoms with Crippen molar-refractivity contribution in [3.05, 3.63) is 35.9 Å². The van der Waals surface area contributed by atoms with Crippen molar-refractivity contribution in [3.63, 3.8) is 0 Å². The first kappa shape index (κ1) is 18.4. The zero-order chi connectivity index (χ0) is 18.2. The number of hydrogen-bond donors (Lipinski definition) is 1. The van der Waals surface area contributed by atoms with Crippen LogP contribution in [0.15, 0.2) is 30.3 Å². The van der Waals surface area contributed by atoms with Crippen LogP contribution in [0.4, 0.5) is 0 Å². The Morgan fingerprint density at radius 3 is 2.64 bits per heavy atom. The van der Waals surface area contributed by atoms with E-state index in [1.807, 2.05) is 51.1 Å². The van der Waals surface area contributed by atoms with Gasteiger partial charge in [-0.15, -0.1) is 0 Å². The lowest BCUT2D eigenvalue weighted by Crippen LogP contribution is -2.50. The van der Waals surface area contributed by atoms with Crippen LogP contribution in [0.1, 0.15) is 33.3 Å². The van der Waals surface area contributed by atoms with Crippen LogP contribution in [-0.4, -0.2) is 35.7 Å². The SMILES string of the molecule is CC(COCc1ccccc1)[C@@H]1OC(=O)[C@@H]2[C@@H](O[C@](C)(O)[C@H]2C)[C@@H]1C. The highest BCUT2D eigenvalue weighted by atomic mass is 16.6. The summed E-state index contributed by atoms with van der Waals surface area (Å²) in [5.74, 6) is -2.18. The van der Waals surface area contributed by atoms with Gasteiger partial charge in [0.2, 0.25) is 0 Å². The third-order valence-electron chi connectivity index (χ3n) is 5.73. The van der Waals surface area contributed by atoms with Crippen LogP contribution in [0.25, 0.3) is 0 Å². The number of esters is 1. The molecule has 1 aromatic carbocycles. The lowest BCUT2D eigenvalue weighted by Gasteiger charge is -2.39. The lowest BCUT2D eigenvalue weighted by atomic mass is 9.77. The van der Waals surface area contributed by atoms with Crippen molar-refractivity contribution in [3.8, 4) is 0 Å². The summed E-state index contributed by atoms with van der Waals surface area (Å²) in [5, 5.41) is 10.4. The Morgan fingerprint density at radius 2 is 1.96 bits per heavy atom. The van der Waals surface area contributed by atoms with Crippen molar-refractivity contribution in [2.24, 2.45) is 23.7 Å². The predicted octanol–water partition coefficient (Wildman–Crippen LogP) is 2.76. The molecule has 0 aromatic heterocycles. The summed E-state index contributed by atoms with van der Waals surface area (Å²) in [4.78, 5) is 12.5. The Kier molecular flexibility index (Phi) is 5.19. The molecule has 0 saturated carbocycles. The Morgan fingerprint density at radius 1 is 1.28 bits per heavy atom. The summed E-state index contributed by atoms with van der Waals surface area (Å²) >= 11 is 0. The monoisotopic (exact) mass is 348 g/mol. The van der Waals surface area contributed by atoms with E-state index in [0.717, 1.165) is 5.56 Å². The largest absolute Gasteiger partial charge is 0.461 e. The van der Waals surface area contributed by atoms with Gasteiger partial charge in [-0.1, -0.05) is 51.1 Å². The average molecular weight is 348 g/mol. The Hall–Kier alpha value is -1.43. The highest BCUT2D eigenvalue weighted by Crippen LogP contribution is 2.47. The quantitative estimate of drug-likeness (QED) is 0.829. The van der Waals surface area contributed by atoms with Crippen molar-refractivity contribution in [2.75, 3.05) is 6.61 Å². The van der Waals surface area contributed by atoms with Gasteiger partial charge in [0.25, 0.3) is 0 Å². The van der Waals surface area contributed by atoms with Crippen molar-refractivity contribution in [2.45, 2.75) is 52.3 Å². The minimum atomic E-state index is -1.29. The van der Waals surface area contributed by atoms with Crippen LogP contribution in [0.2, 0.25) is 0 Å². The van der Waals surface area contributed by atoms with Gasteiger partial charge in [-0.25, -0.2) is 0 Å². The molecule has 2 heterocycles. The second-order valence-corrected chi connectivity index (χ2v) is 7.69. The molecule has 1 unspecified atom stereocenters. The maximum atomic E-state index is 12.5. The molecule has 1 aromatic rings. The van der Waals surface area contributed by atoms with Gasteiger partial charge in [-0.2, -0.15) is 0 Å². The maximum Gasteiger partial charge on any atom is 0.312 e. The summed E-state index contributed by atoms with van der Waals surface area (Å²) in [6.07, 6.45) is -0.585. The molecule has 25 heavy (non-hydrogen) atoms. The minimum absolute atomic E-state index is 0.00875. The van der Waals surface area contributed by atoms with Crippen LogP contribution < -0.4 is 0 Å². The smallest absolute Gasteiger partial charge is 0.312 e. The fourth-order valence-corrected chi connectivity index (χ4v) is 4.02. The summed E-state index contributed by atoms with van der Waals surface area (Å²) < 4.78 is 17.4. The molecular formula is C20H28O5. The number of ether oxygens (including phenoxy) is 3. The normalized spacial score (nSPS) is 38.9. The fraction of sp³-hybridized carbons (Fsp3) is 0.650. The van der Waals surface area contributed by atoms with Crippen LogP contribution in [0.5, 0.6) is 0 Å². The van der Waals surface area contributed by atoms with Gasteiger partial charge in [0.05, 0.1) is 25.2 Å². The molecule has 0 aliphatic carbocycles. The molecule has 0 bridgehead atoms. The van der Waals surface area contributed by atoms with E-state index in [4.69, 9.17) is 14.2 Å². The molecule has 3 rings (SSSR count). The van der Waals surface area contributed by atoms with Gasteiger partial charge in [0.15, 0.2) is 5.79 Å². The molecule has 0 radical (unpaired) electrons. The van der Waals surface area contributed by atoms with Gasteiger partial charge in [0, 0.05) is 17.8 Å². The Labute approximate surface area is 149 Å². The maximum absolute atomic E-state index is 12.5. The van der Waals surface area contributed by atoms with Gasteiger partial charge in [-0.05, 0) is 12.5 Å². The van der Waals surface area contributed by atoms with E-state index in [1.165, 1.54) is 0 Å². The van der Waals surface area contributed by atoms with Crippen molar-refractivity contribution >= 4 is 5.97 Å². The third kappa shape index (κ3) is 3.59. The van der Waals surface area contributed by atoms with E-state index in [9.17, 15) is 9.90 Å². The summed E-state index contributed by atoms with van der Waals surface area (Å²) in [5.41, 5.74) is 1.12. The molecule has 138 valence electrons. The molecule has 5 heteroatoms.